The largest absolute Gasteiger partial charge is 0.303 e. The van der Waals surface area contributed by atoms with Crippen LogP contribution in [0.3, 0.4) is 0 Å². The summed E-state index contributed by atoms with van der Waals surface area (Å²) in [6.45, 7) is 4.67. The molecule has 1 saturated heterocycles. The van der Waals surface area contributed by atoms with Crippen molar-refractivity contribution in [2.75, 3.05) is 13.2 Å². The highest BCUT2D eigenvalue weighted by Gasteiger charge is 2.27. The molecule has 1 unspecified atom stereocenters. The van der Waals surface area contributed by atoms with E-state index in [2.05, 4.69) is 17.1 Å². The second-order valence-corrected chi connectivity index (χ2v) is 4.62. The van der Waals surface area contributed by atoms with Crippen molar-refractivity contribution in [1.29, 1.82) is 0 Å². The van der Waals surface area contributed by atoms with E-state index in [-0.39, 0.29) is 0 Å². The molecule has 0 aromatic heterocycles. The molecular formula is C11H22N2. The average Bonchev–Trinajstić information content (AvgIpc) is 2.43. The molecule has 1 aliphatic carbocycles. The molecule has 2 rings (SSSR count). The van der Waals surface area contributed by atoms with Gasteiger partial charge in [-0.1, -0.05) is 25.7 Å². The van der Waals surface area contributed by atoms with E-state index in [4.69, 9.17) is 0 Å². The number of hydrogen-bond acceptors (Lipinski definition) is 2. The van der Waals surface area contributed by atoms with Gasteiger partial charge in [0.15, 0.2) is 0 Å². The summed E-state index contributed by atoms with van der Waals surface area (Å²) in [6.07, 6.45) is 8.71. The van der Waals surface area contributed by atoms with E-state index in [1.54, 1.807) is 0 Å². The maximum Gasteiger partial charge on any atom is 0.0486 e. The zero-order valence-electron chi connectivity index (χ0n) is 8.76. The normalized spacial score (nSPS) is 33.5. The van der Waals surface area contributed by atoms with Gasteiger partial charge in [0.05, 0.1) is 0 Å². The average molecular weight is 182 g/mol. The summed E-state index contributed by atoms with van der Waals surface area (Å²) in [6, 6.07) is 1.65. The summed E-state index contributed by atoms with van der Waals surface area (Å²) in [5, 5.41) is 3.47. The lowest BCUT2D eigenvalue weighted by Gasteiger charge is -2.29. The van der Waals surface area contributed by atoms with E-state index in [9.17, 15) is 0 Å². The SMILES string of the molecule is CC1CNCN1C1CCCCCC1. The maximum atomic E-state index is 3.47. The van der Waals surface area contributed by atoms with E-state index >= 15 is 0 Å². The number of nitrogens with zero attached hydrogens (tertiary/aromatic N) is 1. The minimum Gasteiger partial charge on any atom is -0.303 e. The summed E-state index contributed by atoms with van der Waals surface area (Å²) in [4.78, 5) is 2.67. The minimum absolute atomic E-state index is 0.767. The van der Waals surface area contributed by atoms with E-state index in [0.29, 0.717) is 0 Å². The Morgan fingerprint density at radius 1 is 1.08 bits per heavy atom. The van der Waals surface area contributed by atoms with Crippen molar-refractivity contribution in [1.82, 2.24) is 10.2 Å². The van der Waals surface area contributed by atoms with E-state index in [1.807, 2.05) is 0 Å². The second-order valence-electron chi connectivity index (χ2n) is 4.62. The van der Waals surface area contributed by atoms with Crippen LogP contribution >= 0.6 is 0 Å². The van der Waals surface area contributed by atoms with Crippen molar-refractivity contribution >= 4 is 0 Å². The van der Waals surface area contributed by atoms with Crippen LogP contribution in [-0.2, 0) is 0 Å². The smallest absolute Gasteiger partial charge is 0.0486 e. The molecule has 1 atom stereocenters. The molecule has 2 fully saturated rings. The van der Waals surface area contributed by atoms with Gasteiger partial charge in [-0.2, -0.15) is 0 Å². The predicted octanol–water partition coefficient (Wildman–Crippen LogP) is 1.96. The molecule has 0 spiro atoms. The predicted molar refractivity (Wildman–Crippen MR) is 55.7 cm³/mol. The third-order valence-corrected chi connectivity index (χ3v) is 3.59. The monoisotopic (exact) mass is 182 g/mol. The number of nitrogens with one attached hydrogen (secondary N) is 1. The molecule has 13 heavy (non-hydrogen) atoms. The van der Waals surface area contributed by atoms with Crippen molar-refractivity contribution in [3.8, 4) is 0 Å². The number of hydrogen-bond donors (Lipinski definition) is 1. The summed E-state index contributed by atoms with van der Waals surface area (Å²) < 4.78 is 0. The van der Waals surface area contributed by atoms with Crippen LogP contribution < -0.4 is 5.32 Å². The zero-order chi connectivity index (χ0) is 9.10. The highest BCUT2D eigenvalue weighted by Crippen LogP contribution is 2.24. The van der Waals surface area contributed by atoms with Crippen molar-refractivity contribution in [3.63, 3.8) is 0 Å². The fourth-order valence-corrected chi connectivity index (χ4v) is 2.75. The van der Waals surface area contributed by atoms with Crippen LogP contribution in [0.4, 0.5) is 0 Å². The standard InChI is InChI=1S/C11H22N2/c1-10-8-12-9-13(10)11-6-4-2-3-5-7-11/h10-12H,2-9H2,1H3. The number of rotatable bonds is 1. The fourth-order valence-electron chi connectivity index (χ4n) is 2.75. The third-order valence-electron chi connectivity index (χ3n) is 3.59. The lowest BCUT2D eigenvalue weighted by atomic mass is 10.1. The highest BCUT2D eigenvalue weighted by atomic mass is 15.3. The van der Waals surface area contributed by atoms with Gasteiger partial charge in [-0.15, -0.1) is 0 Å². The molecule has 2 heteroatoms. The van der Waals surface area contributed by atoms with Crippen LogP contribution in [0, 0.1) is 0 Å². The first kappa shape index (κ1) is 9.47. The van der Waals surface area contributed by atoms with Crippen LogP contribution in [0.25, 0.3) is 0 Å². The van der Waals surface area contributed by atoms with Gasteiger partial charge >= 0.3 is 0 Å². The molecule has 1 saturated carbocycles. The van der Waals surface area contributed by atoms with Gasteiger partial charge in [-0.3, -0.25) is 4.90 Å². The summed E-state index contributed by atoms with van der Waals surface area (Å²) in [7, 11) is 0. The Balaban J connectivity index is 1.89. The van der Waals surface area contributed by atoms with Crippen LogP contribution in [0.2, 0.25) is 0 Å². The van der Waals surface area contributed by atoms with Gasteiger partial charge in [0.1, 0.15) is 0 Å². The Morgan fingerprint density at radius 3 is 2.31 bits per heavy atom. The summed E-state index contributed by atoms with van der Waals surface area (Å²) in [5.41, 5.74) is 0. The molecule has 0 aromatic carbocycles. The first-order valence-electron chi connectivity index (χ1n) is 5.84. The summed E-state index contributed by atoms with van der Waals surface area (Å²) >= 11 is 0. The van der Waals surface area contributed by atoms with Crippen LogP contribution in [-0.4, -0.2) is 30.2 Å². The Kier molecular flexibility index (Phi) is 3.23. The molecule has 1 heterocycles. The fraction of sp³-hybridized carbons (Fsp3) is 1.00. The van der Waals surface area contributed by atoms with Gasteiger partial charge in [0, 0.05) is 25.3 Å². The molecule has 76 valence electrons. The molecule has 1 aliphatic heterocycles. The molecule has 0 radical (unpaired) electrons. The van der Waals surface area contributed by atoms with E-state index in [0.717, 1.165) is 18.8 Å². The Bertz CT molecular complexity index is 150. The molecular weight excluding hydrogens is 160 g/mol. The molecule has 1 N–H and O–H groups in total. The topological polar surface area (TPSA) is 15.3 Å². The maximum absolute atomic E-state index is 3.47. The first-order valence-corrected chi connectivity index (χ1v) is 5.84. The molecule has 0 aromatic rings. The second kappa shape index (κ2) is 4.43. The lowest BCUT2D eigenvalue weighted by Crippen LogP contribution is -2.38. The Labute approximate surface area is 81.7 Å². The molecule has 0 bridgehead atoms. The van der Waals surface area contributed by atoms with Crippen molar-refractivity contribution in [3.05, 3.63) is 0 Å². The van der Waals surface area contributed by atoms with Crippen LogP contribution in [0.15, 0.2) is 0 Å². The van der Waals surface area contributed by atoms with E-state index < -0.39 is 0 Å². The first-order chi connectivity index (χ1) is 6.38. The van der Waals surface area contributed by atoms with Crippen LogP contribution in [0.1, 0.15) is 45.4 Å². The van der Waals surface area contributed by atoms with Crippen molar-refractivity contribution in [2.45, 2.75) is 57.5 Å². The highest BCUT2D eigenvalue weighted by molar-refractivity contribution is 4.83. The van der Waals surface area contributed by atoms with Gasteiger partial charge in [0.2, 0.25) is 0 Å². The third kappa shape index (κ3) is 2.23. The van der Waals surface area contributed by atoms with Crippen molar-refractivity contribution in [2.24, 2.45) is 0 Å². The van der Waals surface area contributed by atoms with Gasteiger partial charge in [-0.05, 0) is 19.8 Å². The Morgan fingerprint density at radius 2 is 1.77 bits per heavy atom. The van der Waals surface area contributed by atoms with E-state index in [1.165, 1.54) is 45.1 Å². The molecule has 2 aliphatic rings. The van der Waals surface area contributed by atoms with Gasteiger partial charge < -0.3 is 5.32 Å². The van der Waals surface area contributed by atoms with Gasteiger partial charge in [0.25, 0.3) is 0 Å². The van der Waals surface area contributed by atoms with Gasteiger partial charge in [-0.25, -0.2) is 0 Å². The minimum atomic E-state index is 0.767. The quantitative estimate of drug-likeness (QED) is 0.624. The van der Waals surface area contributed by atoms with Crippen LogP contribution in [0.5, 0.6) is 0 Å². The van der Waals surface area contributed by atoms with Crippen molar-refractivity contribution < 1.29 is 0 Å². The summed E-state index contributed by atoms with van der Waals surface area (Å²) in [5.74, 6) is 0. The molecule has 0 amide bonds. The lowest BCUT2D eigenvalue weighted by molar-refractivity contribution is 0.174. The molecule has 2 nitrogen and oxygen atoms in total. The Hall–Kier alpha value is -0.0800. The zero-order valence-corrected chi connectivity index (χ0v) is 8.76.